The molecule has 23 heavy (non-hydrogen) atoms. The predicted octanol–water partition coefficient (Wildman–Crippen LogP) is 1.70. The number of nitrogens with one attached hydrogen (secondary N) is 2. The largest absolute Gasteiger partial charge is 0.387 e. The second kappa shape index (κ2) is 14.5. The lowest BCUT2D eigenvalue weighted by molar-refractivity contribution is -0.124. The van der Waals surface area contributed by atoms with E-state index in [9.17, 15) is 9.59 Å². The minimum atomic E-state index is -0.508. The lowest BCUT2D eigenvalue weighted by Crippen LogP contribution is -2.41. The van der Waals surface area contributed by atoms with Gasteiger partial charge >= 0.3 is 0 Å². The van der Waals surface area contributed by atoms with Gasteiger partial charge in [0.1, 0.15) is 13.2 Å². The van der Waals surface area contributed by atoms with E-state index in [2.05, 4.69) is 10.6 Å². The molecular weight excluding hydrogens is 296 g/mol. The molecule has 6 heteroatoms. The number of carbonyl (C=O) groups excluding carboxylic acids is 2. The van der Waals surface area contributed by atoms with Crippen molar-refractivity contribution in [1.29, 1.82) is 0 Å². The number of aliphatic hydroxyl groups is 2. The molecular formula is C17H38N2O4. The summed E-state index contributed by atoms with van der Waals surface area (Å²) in [6, 6.07) is 0. The molecule has 0 aromatic rings. The summed E-state index contributed by atoms with van der Waals surface area (Å²) in [5.41, 5.74) is -0.309. The van der Waals surface area contributed by atoms with Gasteiger partial charge in [0, 0.05) is 13.1 Å². The van der Waals surface area contributed by atoms with E-state index in [1.165, 1.54) is 0 Å². The zero-order chi connectivity index (χ0) is 19.1. The maximum absolute atomic E-state index is 11.0. The standard InChI is InChI=1S/C13H26N2O4.2C2H6/c1-12(2,8-14-10(18)5-16)7-13(3,4)9-15-11(19)6-17;2*1-2/h16-17H,5-9H2,1-4H3,(H,14,18)(H,15,19);2*1-2H3. The van der Waals surface area contributed by atoms with Crippen LogP contribution in [0.1, 0.15) is 61.8 Å². The molecule has 0 aliphatic rings. The van der Waals surface area contributed by atoms with Crippen LogP contribution in [0.4, 0.5) is 0 Å². The highest BCUT2D eigenvalue weighted by Gasteiger charge is 2.29. The van der Waals surface area contributed by atoms with Crippen LogP contribution < -0.4 is 10.6 Å². The Labute approximate surface area is 142 Å². The van der Waals surface area contributed by atoms with Gasteiger partial charge in [-0.15, -0.1) is 0 Å². The van der Waals surface area contributed by atoms with E-state index < -0.39 is 13.2 Å². The molecule has 140 valence electrons. The smallest absolute Gasteiger partial charge is 0.245 e. The van der Waals surface area contributed by atoms with Gasteiger partial charge in [0.2, 0.25) is 11.8 Å². The summed E-state index contributed by atoms with van der Waals surface area (Å²) in [5, 5.41) is 22.6. The van der Waals surface area contributed by atoms with Crippen LogP contribution in [0.2, 0.25) is 0 Å². The lowest BCUT2D eigenvalue weighted by Gasteiger charge is -2.35. The highest BCUT2D eigenvalue weighted by atomic mass is 16.3. The molecule has 0 aliphatic heterocycles. The van der Waals surface area contributed by atoms with Crippen LogP contribution in [0.3, 0.4) is 0 Å². The van der Waals surface area contributed by atoms with Crippen LogP contribution in [0.15, 0.2) is 0 Å². The van der Waals surface area contributed by atoms with Gasteiger partial charge in [-0.2, -0.15) is 0 Å². The third-order valence-corrected chi connectivity index (χ3v) is 2.77. The molecule has 0 radical (unpaired) electrons. The van der Waals surface area contributed by atoms with Crippen LogP contribution in [-0.2, 0) is 9.59 Å². The Morgan fingerprint density at radius 3 is 1.22 bits per heavy atom. The molecule has 0 saturated carbocycles. The first-order valence-electron chi connectivity index (χ1n) is 8.37. The summed E-state index contributed by atoms with van der Waals surface area (Å²) in [6.45, 7) is 16.0. The van der Waals surface area contributed by atoms with Crippen molar-refractivity contribution in [3.8, 4) is 0 Å². The van der Waals surface area contributed by atoms with E-state index in [1.807, 2.05) is 55.4 Å². The van der Waals surface area contributed by atoms with Crippen molar-refractivity contribution >= 4 is 11.8 Å². The molecule has 0 fully saturated rings. The first-order valence-corrected chi connectivity index (χ1v) is 8.37. The average Bonchev–Trinajstić information content (AvgIpc) is 2.53. The van der Waals surface area contributed by atoms with Gasteiger partial charge in [0.25, 0.3) is 0 Å². The highest BCUT2D eigenvalue weighted by Crippen LogP contribution is 2.32. The summed E-state index contributed by atoms with van der Waals surface area (Å²) in [6.07, 6.45) is 0.775. The van der Waals surface area contributed by atoms with Crippen LogP contribution >= 0.6 is 0 Å². The zero-order valence-corrected chi connectivity index (χ0v) is 16.2. The van der Waals surface area contributed by atoms with Crippen molar-refractivity contribution < 1.29 is 19.8 Å². The second-order valence-corrected chi connectivity index (χ2v) is 6.37. The molecule has 0 heterocycles. The minimum Gasteiger partial charge on any atom is -0.387 e. The number of carbonyl (C=O) groups is 2. The molecule has 2 amide bonds. The van der Waals surface area contributed by atoms with E-state index in [0.29, 0.717) is 13.1 Å². The average molecular weight is 335 g/mol. The van der Waals surface area contributed by atoms with E-state index in [0.717, 1.165) is 6.42 Å². The zero-order valence-electron chi connectivity index (χ0n) is 16.2. The molecule has 0 unspecified atom stereocenters. The third-order valence-electron chi connectivity index (χ3n) is 2.77. The van der Waals surface area contributed by atoms with E-state index in [1.54, 1.807) is 0 Å². The molecule has 0 aliphatic carbocycles. The molecule has 0 rings (SSSR count). The molecule has 4 N–H and O–H groups in total. The Kier molecular flexibility index (Phi) is 16.8. The number of aliphatic hydroxyl groups excluding tert-OH is 2. The quantitative estimate of drug-likeness (QED) is 0.543. The number of rotatable bonds is 8. The van der Waals surface area contributed by atoms with Crippen molar-refractivity contribution in [2.45, 2.75) is 61.8 Å². The fraction of sp³-hybridized carbons (Fsp3) is 0.882. The monoisotopic (exact) mass is 334 g/mol. The van der Waals surface area contributed by atoms with Crippen LogP contribution in [0.5, 0.6) is 0 Å². The normalized spacial score (nSPS) is 10.5. The Balaban J connectivity index is -0.000000919. The summed E-state index contributed by atoms with van der Waals surface area (Å²) >= 11 is 0. The molecule has 0 saturated heterocycles. The molecule has 0 aromatic heterocycles. The number of amides is 2. The summed E-state index contributed by atoms with van der Waals surface area (Å²) < 4.78 is 0. The Bertz CT molecular complexity index is 286. The minimum absolute atomic E-state index is 0.154. The number of hydrogen-bond donors (Lipinski definition) is 4. The van der Waals surface area contributed by atoms with Gasteiger partial charge < -0.3 is 20.8 Å². The first kappa shape index (κ1) is 26.7. The fourth-order valence-electron chi connectivity index (χ4n) is 2.21. The highest BCUT2D eigenvalue weighted by molar-refractivity contribution is 5.77. The van der Waals surface area contributed by atoms with Crippen molar-refractivity contribution in [3.05, 3.63) is 0 Å². The van der Waals surface area contributed by atoms with Crippen molar-refractivity contribution in [2.24, 2.45) is 10.8 Å². The third kappa shape index (κ3) is 17.1. The Hall–Kier alpha value is -1.14. The lowest BCUT2D eigenvalue weighted by atomic mass is 9.75. The van der Waals surface area contributed by atoms with Crippen LogP contribution in [0.25, 0.3) is 0 Å². The van der Waals surface area contributed by atoms with Gasteiger partial charge in [-0.3, -0.25) is 9.59 Å². The van der Waals surface area contributed by atoms with E-state index >= 15 is 0 Å². The van der Waals surface area contributed by atoms with Gasteiger partial charge in [0.05, 0.1) is 0 Å². The molecule has 0 bridgehead atoms. The fourth-order valence-corrected chi connectivity index (χ4v) is 2.21. The van der Waals surface area contributed by atoms with Crippen molar-refractivity contribution in [2.75, 3.05) is 26.3 Å². The van der Waals surface area contributed by atoms with Crippen LogP contribution in [0, 0.1) is 10.8 Å². The van der Waals surface area contributed by atoms with E-state index in [4.69, 9.17) is 10.2 Å². The molecule has 0 atom stereocenters. The van der Waals surface area contributed by atoms with E-state index in [-0.39, 0.29) is 22.6 Å². The van der Waals surface area contributed by atoms with Gasteiger partial charge in [-0.1, -0.05) is 55.4 Å². The van der Waals surface area contributed by atoms with Crippen molar-refractivity contribution in [1.82, 2.24) is 10.6 Å². The predicted molar refractivity (Wildman–Crippen MR) is 95.1 cm³/mol. The maximum atomic E-state index is 11.0. The first-order chi connectivity index (χ1) is 10.6. The molecule has 6 nitrogen and oxygen atoms in total. The SMILES string of the molecule is CC.CC.CC(C)(CNC(=O)CO)CC(C)(C)CNC(=O)CO. The summed E-state index contributed by atoms with van der Waals surface area (Å²) in [5.74, 6) is -0.779. The number of hydrogen-bond acceptors (Lipinski definition) is 4. The van der Waals surface area contributed by atoms with Crippen LogP contribution in [-0.4, -0.2) is 48.3 Å². The van der Waals surface area contributed by atoms with Gasteiger partial charge in [-0.25, -0.2) is 0 Å². The summed E-state index contributed by atoms with van der Waals surface area (Å²) in [7, 11) is 0. The Morgan fingerprint density at radius 2 is 1.00 bits per heavy atom. The van der Waals surface area contributed by atoms with Gasteiger partial charge in [0.15, 0.2) is 0 Å². The van der Waals surface area contributed by atoms with Crippen molar-refractivity contribution in [3.63, 3.8) is 0 Å². The second-order valence-electron chi connectivity index (χ2n) is 6.37. The molecule has 0 aromatic carbocycles. The Morgan fingerprint density at radius 1 is 0.739 bits per heavy atom. The maximum Gasteiger partial charge on any atom is 0.245 e. The molecule has 0 spiro atoms. The van der Waals surface area contributed by atoms with Gasteiger partial charge in [-0.05, 0) is 17.3 Å². The topological polar surface area (TPSA) is 98.7 Å². The summed E-state index contributed by atoms with van der Waals surface area (Å²) in [4.78, 5) is 22.1.